The molecule has 3 nitrogen and oxygen atoms in total. The minimum atomic E-state index is -0.455. The molecule has 0 saturated carbocycles. The number of carbonyl (C=O) groups excluding carboxylic acids is 1. The molecule has 0 fully saturated rings. The number of hydrogen-bond donors (Lipinski definition) is 0. The van der Waals surface area contributed by atoms with E-state index in [4.69, 9.17) is 9.47 Å². The maximum Gasteiger partial charge on any atom is 0.333 e. The molecule has 0 bridgehead atoms. The molecular weight excluding hydrogens is 216 g/mol. The average Bonchev–Trinajstić information content (AvgIpc) is 2.28. The molecule has 0 aromatic rings. The maximum atomic E-state index is 11.5. The molecule has 0 N–H and O–H groups in total. The summed E-state index contributed by atoms with van der Waals surface area (Å²) >= 11 is 0. The van der Waals surface area contributed by atoms with Crippen LogP contribution in [0.3, 0.4) is 0 Å². The van der Waals surface area contributed by atoms with Crippen molar-refractivity contribution in [2.45, 2.75) is 65.6 Å². The SMILES string of the molecule is C=C(C)C(=O)OC(C)(CC)CCOC(C)CC. The minimum Gasteiger partial charge on any atom is -0.456 e. The van der Waals surface area contributed by atoms with E-state index in [0.717, 1.165) is 12.8 Å². The van der Waals surface area contributed by atoms with Crippen molar-refractivity contribution in [3.8, 4) is 0 Å². The summed E-state index contributed by atoms with van der Waals surface area (Å²) in [5.74, 6) is -0.321. The van der Waals surface area contributed by atoms with E-state index in [0.29, 0.717) is 18.6 Å². The summed E-state index contributed by atoms with van der Waals surface area (Å²) < 4.78 is 11.1. The number of rotatable bonds is 8. The molecule has 0 aliphatic carbocycles. The molecule has 0 amide bonds. The fourth-order valence-corrected chi connectivity index (χ4v) is 1.20. The van der Waals surface area contributed by atoms with Crippen LogP contribution < -0.4 is 0 Å². The van der Waals surface area contributed by atoms with Crippen molar-refractivity contribution in [1.29, 1.82) is 0 Å². The number of hydrogen-bond acceptors (Lipinski definition) is 3. The third-order valence-electron chi connectivity index (χ3n) is 3.04. The molecule has 0 heterocycles. The lowest BCUT2D eigenvalue weighted by molar-refractivity contribution is -0.155. The number of esters is 1. The van der Waals surface area contributed by atoms with Crippen molar-refractivity contribution in [1.82, 2.24) is 0 Å². The lowest BCUT2D eigenvalue weighted by Gasteiger charge is -2.29. The summed E-state index contributed by atoms with van der Waals surface area (Å²) in [5, 5.41) is 0. The van der Waals surface area contributed by atoms with Gasteiger partial charge in [0, 0.05) is 12.0 Å². The van der Waals surface area contributed by atoms with E-state index in [9.17, 15) is 4.79 Å². The Morgan fingerprint density at radius 2 is 2.00 bits per heavy atom. The molecule has 0 rings (SSSR count). The highest BCUT2D eigenvalue weighted by atomic mass is 16.6. The normalized spacial score (nSPS) is 16.1. The summed E-state index contributed by atoms with van der Waals surface area (Å²) in [4.78, 5) is 11.5. The van der Waals surface area contributed by atoms with Gasteiger partial charge in [-0.1, -0.05) is 20.4 Å². The van der Waals surface area contributed by atoms with Crippen molar-refractivity contribution < 1.29 is 14.3 Å². The lowest BCUT2D eigenvalue weighted by Crippen LogP contribution is -2.33. The van der Waals surface area contributed by atoms with Crippen LogP contribution >= 0.6 is 0 Å². The van der Waals surface area contributed by atoms with Gasteiger partial charge in [0.25, 0.3) is 0 Å². The number of carbonyl (C=O) groups is 1. The monoisotopic (exact) mass is 242 g/mol. The van der Waals surface area contributed by atoms with E-state index in [2.05, 4.69) is 13.5 Å². The third kappa shape index (κ3) is 6.47. The van der Waals surface area contributed by atoms with E-state index < -0.39 is 5.60 Å². The molecular formula is C14H26O3. The summed E-state index contributed by atoms with van der Waals surface area (Å²) in [6.07, 6.45) is 2.74. The Hall–Kier alpha value is -0.830. The Morgan fingerprint density at radius 1 is 1.41 bits per heavy atom. The molecule has 0 saturated heterocycles. The van der Waals surface area contributed by atoms with Crippen LogP contribution in [-0.2, 0) is 14.3 Å². The smallest absolute Gasteiger partial charge is 0.333 e. The first kappa shape index (κ1) is 16.2. The van der Waals surface area contributed by atoms with Crippen LogP contribution in [0.5, 0.6) is 0 Å². The third-order valence-corrected chi connectivity index (χ3v) is 3.04. The van der Waals surface area contributed by atoms with Crippen LogP contribution in [-0.4, -0.2) is 24.3 Å². The van der Waals surface area contributed by atoms with Crippen LogP contribution in [0.15, 0.2) is 12.2 Å². The van der Waals surface area contributed by atoms with E-state index in [1.165, 1.54) is 0 Å². The molecule has 0 aromatic heterocycles. The summed E-state index contributed by atoms with van der Waals surface area (Å²) in [5.41, 5.74) is -0.0173. The van der Waals surface area contributed by atoms with Gasteiger partial charge in [-0.3, -0.25) is 0 Å². The molecule has 0 aromatic carbocycles. The topological polar surface area (TPSA) is 35.5 Å². The van der Waals surface area contributed by atoms with Gasteiger partial charge in [0.15, 0.2) is 0 Å². The molecule has 2 unspecified atom stereocenters. The van der Waals surface area contributed by atoms with Crippen molar-refractivity contribution in [2.75, 3.05) is 6.61 Å². The van der Waals surface area contributed by atoms with Gasteiger partial charge in [0.05, 0.1) is 12.7 Å². The fraction of sp³-hybridized carbons (Fsp3) is 0.786. The Balaban J connectivity index is 4.19. The largest absolute Gasteiger partial charge is 0.456 e. The van der Waals surface area contributed by atoms with E-state index in [1.807, 2.05) is 20.8 Å². The van der Waals surface area contributed by atoms with Crippen LogP contribution in [0.4, 0.5) is 0 Å². The average molecular weight is 242 g/mol. The zero-order chi connectivity index (χ0) is 13.5. The standard InChI is InChI=1S/C14H26O3/c1-7-12(5)16-10-9-14(6,8-2)17-13(15)11(3)4/h12H,3,7-10H2,1-2,4-6H3. The molecule has 0 spiro atoms. The Morgan fingerprint density at radius 3 is 2.41 bits per heavy atom. The first-order valence-corrected chi connectivity index (χ1v) is 6.35. The Kier molecular flexibility index (Phi) is 7.12. The van der Waals surface area contributed by atoms with Crippen molar-refractivity contribution in [2.24, 2.45) is 0 Å². The highest BCUT2D eigenvalue weighted by molar-refractivity contribution is 5.87. The minimum absolute atomic E-state index is 0.257. The fourth-order valence-electron chi connectivity index (χ4n) is 1.20. The van der Waals surface area contributed by atoms with Crippen LogP contribution in [0.2, 0.25) is 0 Å². The van der Waals surface area contributed by atoms with Gasteiger partial charge >= 0.3 is 5.97 Å². The van der Waals surface area contributed by atoms with Gasteiger partial charge in [-0.2, -0.15) is 0 Å². The van der Waals surface area contributed by atoms with Crippen LogP contribution in [0.1, 0.15) is 53.9 Å². The molecule has 17 heavy (non-hydrogen) atoms. The first-order chi connectivity index (χ1) is 7.84. The van der Waals surface area contributed by atoms with Crippen molar-refractivity contribution >= 4 is 5.97 Å². The highest BCUT2D eigenvalue weighted by Crippen LogP contribution is 2.21. The van der Waals surface area contributed by atoms with Gasteiger partial charge < -0.3 is 9.47 Å². The first-order valence-electron chi connectivity index (χ1n) is 6.35. The number of ether oxygens (including phenoxy) is 2. The van der Waals surface area contributed by atoms with E-state index in [1.54, 1.807) is 6.92 Å². The van der Waals surface area contributed by atoms with Gasteiger partial charge in [-0.05, 0) is 33.6 Å². The summed E-state index contributed by atoms with van der Waals surface area (Å²) in [6, 6.07) is 0. The quantitative estimate of drug-likeness (QED) is 0.483. The predicted molar refractivity (Wildman–Crippen MR) is 69.9 cm³/mol. The second-order valence-electron chi connectivity index (χ2n) is 4.81. The predicted octanol–water partition coefficient (Wildman–Crippen LogP) is 3.48. The highest BCUT2D eigenvalue weighted by Gasteiger charge is 2.26. The van der Waals surface area contributed by atoms with E-state index in [-0.39, 0.29) is 12.1 Å². The van der Waals surface area contributed by atoms with Crippen LogP contribution in [0, 0.1) is 0 Å². The van der Waals surface area contributed by atoms with Gasteiger partial charge in [0.2, 0.25) is 0 Å². The lowest BCUT2D eigenvalue weighted by atomic mass is 9.99. The van der Waals surface area contributed by atoms with Gasteiger partial charge in [0.1, 0.15) is 5.60 Å². The van der Waals surface area contributed by atoms with Crippen LogP contribution in [0.25, 0.3) is 0 Å². The molecule has 0 radical (unpaired) electrons. The second kappa shape index (κ2) is 7.49. The zero-order valence-corrected chi connectivity index (χ0v) is 11.8. The Bertz CT molecular complexity index is 260. The van der Waals surface area contributed by atoms with Crippen molar-refractivity contribution in [3.63, 3.8) is 0 Å². The van der Waals surface area contributed by atoms with Crippen molar-refractivity contribution in [3.05, 3.63) is 12.2 Å². The maximum absolute atomic E-state index is 11.5. The second-order valence-corrected chi connectivity index (χ2v) is 4.81. The van der Waals surface area contributed by atoms with Gasteiger partial charge in [-0.15, -0.1) is 0 Å². The molecule has 100 valence electrons. The molecule has 0 aliphatic rings. The molecule has 2 atom stereocenters. The summed E-state index contributed by atoms with van der Waals surface area (Å²) in [7, 11) is 0. The van der Waals surface area contributed by atoms with Gasteiger partial charge in [-0.25, -0.2) is 4.79 Å². The zero-order valence-electron chi connectivity index (χ0n) is 11.8. The summed E-state index contributed by atoms with van der Waals surface area (Å²) in [6.45, 7) is 13.9. The molecule has 3 heteroatoms. The Labute approximate surface area is 105 Å². The molecule has 0 aliphatic heterocycles. The van der Waals surface area contributed by atoms with E-state index >= 15 is 0 Å².